The van der Waals surface area contributed by atoms with Crippen LogP contribution in [0.5, 0.6) is 0 Å². The first-order valence-corrected chi connectivity index (χ1v) is 8.50. The van der Waals surface area contributed by atoms with Gasteiger partial charge in [0.2, 0.25) is 0 Å². The maximum atomic E-state index is 12.4. The van der Waals surface area contributed by atoms with Crippen LogP contribution in [0.3, 0.4) is 0 Å². The molecule has 2 heterocycles. The first kappa shape index (κ1) is 14.3. The van der Waals surface area contributed by atoms with Gasteiger partial charge in [0.25, 0.3) is 10.0 Å². The van der Waals surface area contributed by atoms with Crippen molar-refractivity contribution in [2.24, 2.45) is 0 Å². The van der Waals surface area contributed by atoms with Crippen molar-refractivity contribution in [3.63, 3.8) is 0 Å². The number of ether oxygens (including phenoxy) is 1. The van der Waals surface area contributed by atoms with Gasteiger partial charge in [0.15, 0.2) is 0 Å². The van der Waals surface area contributed by atoms with Gasteiger partial charge in [0.1, 0.15) is 4.21 Å². The van der Waals surface area contributed by atoms with E-state index in [1.807, 2.05) is 6.92 Å². The molecule has 102 valence electrons. The third-order valence-electron chi connectivity index (χ3n) is 3.21. The maximum Gasteiger partial charge on any atom is 0.252 e. The zero-order chi connectivity index (χ0) is 13.3. The van der Waals surface area contributed by atoms with Crippen LogP contribution < -0.4 is 0 Å². The molecular formula is C11H16ClNO3S2. The summed E-state index contributed by atoms with van der Waals surface area (Å²) in [6, 6.07) is 3.29. The van der Waals surface area contributed by atoms with E-state index in [-0.39, 0.29) is 12.1 Å². The Bertz CT molecular complexity index is 514. The molecular weight excluding hydrogens is 294 g/mol. The Kier molecular flexibility index (Phi) is 4.33. The topological polar surface area (TPSA) is 46.6 Å². The van der Waals surface area contributed by atoms with Crippen LogP contribution in [0.15, 0.2) is 16.3 Å². The minimum Gasteiger partial charge on any atom is -0.377 e. The molecule has 1 aromatic rings. The lowest BCUT2D eigenvalue weighted by Crippen LogP contribution is -2.40. The summed E-state index contributed by atoms with van der Waals surface area (Å²) in [4.78, 5) is 0.861. The summed E-state index contributed by atoms with van der Waals surface area (Å²) in [5.41, 5.74) is 0. The van der Waals surface area contributed by atoms with Crippen LogP contribution in [0.1, 0.15) is 18.2 Å². The molecule has 1 saturated heterocycles. The molecule has 4 nitrogen and oxygen atoms in total. The number of hydrogen-bond acceptors (Lipinski definition) is 4. The Balaban J connectivity index is 2.24. The summed E-state index contributed by atoms with van der Waals surface area (Å²) in [7, 11) is -1.82. The predicted molar refractivity (Wildman–Crippen MR) is 72.6 cm³/mol. The molecule has 0 aromatic carbocycles. The van der Waals surface area contributed by atoms with Gasteiger partial charge in [-0.1, -0.05) is 0 Å². The predicted octanol–water partition coefficient (Wildman–Crippen LogP) is 2.28. The molecule has 1 aliphatic heterocycles. The quantitative estimate of drug-likeness (QED) is 0.802. The van der Waals surface area contributed by atoms with Crippen LogP contribution >= 0.6 is 22.9 Å². The van der Waals surface area contributed by atoms with Crippen molar-refractivity contribution < 1.29 is 13.2 Å². The van der Waals surface area contributed by atoms with Crippen LogP contribution in [0.4, 0.5) is 0 Å². The molecule has 18 heavy (non-hydrogen) atoms. The Labute approximate surface area is 117 Å². The minimum atomic E-state index is -3.43. The van der Waals surface area contributed by atoms with Crippen LogP contribution in [-0.2, 0) is 20.6 Å². The zero-order valence-corrected chi connectivity index (χ0v) is 12.7. The van der Waals surface area contributed by atoms with E-state index >= 15 is 0 Å². The second kappa shape index (κ2) is 5.46. The molecule has 0 radical (unpaired) electrons. The van der Waals surface area contributed by atoms with Crippen molar-refractivity contribution in [3.05, 3.63) is 17.0 Å². The first-order valence-electron chi connectivity index (χ1n) is 5.71. The molecule has 1 aromatic heterocycles. The summed E-state index contributed by atoms with van der Waals surface area (Å²) in [6.07, 6.45) is 0.683. The van der Waals surface area contributed by atoms with Crippen molar-refractivity contribution in [1.82, 2.24) is 4.31 Å². The number of sulfonamides is 1. The van der Waals surface area contributed by atoms with E-state index in [4.69, 9.17) is 16.3 Å². The molecule has 0 bridgehead atoms. The lowest BCUT2D eigenvalue weighted by atomic mass is 10.2. The first-order chi connectivity index (χ1) is 8.46. The molecule has 2 atom stereocenters. The summed E-state index contributed by atoms with van der Waals surface area (Å²) in [5, 5.41) is 0. The molecule has 0 aliphatic carbocycles. The summed E-state index contributed by atoms with van der Waals surface area (Å²) in [6.45, 7) is 2.52. The van der Waals surface area contributed by atoms with Crippen LogP contribution in [0, 0.1) is 0 Å². The van der Waals surface area contributed by atoms with E-state index < -0.39 is 10.0 Å². The van der Waals surface area contributed by atoms with E-state index in [0.717, 1.165) is 11.3 Å². The molecule has 0 saturated carbocycles. The SMILES string of the molecule is CC1OCCC1N(C)S(=O)(=O)c1ccc(CCl)s1. The Hall–Kier alpha value is -0.140. The number of alkyl halides is 1. The summed E-state index contributed by atoms with van der Waals surface area (Å²) < 4.78 is 32.1. The Morgan fingerprint density at radius 1 is 1.56 bits per heavy atom. The molecule has 0 spiro atoms. The van der Waals surface area contributed by atoms with Gasteiger partial charge in [0, 0.05) is 18.5 Å². The van der Waals surface area contributed by atoms with Crippen LogP contribution in [0.25, 0.3) is 0 Å². The molecule has 1 fully saturated rings. The third-order valence-corrected chi connectivity index (χ3v) is 7.09. The molecule has 2 rings (SSSR count). The Morgan fingerprint density at radius 2 is 2.28 bits per heavy atom. The van der Waals surface area contributed by atoms with Gasteiger partial charge in [-0.3, -0.25) is 0 Å². The minimum absolute atomic E-state index is 0.0581. The van der Waals surface area contributed by atoms with Crippen LogP contribution in [-0.4, -0.2) is 38.5 Å². The lowest BCUT2D eigenvalue weighted by Gasteiger charge is -2.25. The monoisotopic (exact) mass is 309 g/mol. The highest BCUT2D eigenvalue weighted by molar-refractivity contribution is 7.91. The van der Waals surface area contributed by atoms with Crippen molar-refractivity contribution in [2.75, 3.05) is 13.7 Å². The van der Waals surface area contributed by atoms with Crippen LogP contribution in [0.2, 0.25) is 0 Å². The highest BCUT2D eigenvalue weighted by Gasteiger charge is 2.35. The maximum absolute atomic E-state index is 12.4. The van der Waals surface area contributed by atoms with Gasteiger partial charge >= 0.3 is 0 Å². The summed E-state index contributed by atoms with van der Waals surface area (Å²) >= 11 is 6.93. The number of halogens is 1. The number of thiophene rings is 1. The highest BCUT2D eigenvalue weighted by atomic mass is 35.5. The fourth-order valence-corrected chi connectivity index (χ4v) is 5.18. The number of likely N-dealkylation sites (N-methyl/N-ethyl adjacent to an activating group) is 1. The largest absolute Gasteiger partial charge is 0.377 e. The normalized spacial score (nSPS) is 24.9. The van der Waals surface area contributed by atoms with Gasteiger partial charge in [-0.05, 0) is 25.5 Å². The van der Waals surface area contributed by atoms with E-state index in [2.05, 4.69) is 0 Å². The fraction of sp³-hybridized carbons (Fsp3) is 0.636. The second-order valence-corrected chi connectivity index (χ2v) is 7.97. The molecule has 7 heteroatoms. The third kappa shape index (κ3) is 2.58. The average molecular weight is 310 g/mol. The molecule has 0 N–H and O–H groups in total. The van der Waals surface area contributed by atoms with E-state index in [9.17, 15) is 8.42 Å². The second-order valence-electron chi connectivity index (χ2n) is 4.31. The Morgan fingerprint density at radius 3 is 2.78 bits per heavy atom. The average Bonchev–Trinajstić information content (AvgIpc) is 2.96. The summed E-state index contributed by atoms with van der Waals surface area (Å²) in [5.74, 6) is 0.340. The van der Waals surface area contributed by atoms with Gasteiger partial charge < -0.3 is 4.74 Å². The van der Waals surface area contributed by atoms with Crippen molar-refractivity contribution >= 4 is 33.0 Å². The molecule has 1 aliphatic rings. The molecule has 2 unspecified atom stereocenters. The smallest absolute Gasteiger partial charge is 0.252 e. The van der Waals surface area contributed by atoms with Gasteiger partial charge in [0.05, 0.1) is 18.0 Å². The van der Waals surface area contributed by atoms with E-state index in [1.54, 1.807) is 19.2 Å². The van der Waals surface area contributed by atoms with Crippen molar-refractivity contribution in [2.45, 2.75) is 35.6 Å². The molecule has 0 amide bonds. The number of nitrogens with zero attached hydrogens (tertiary/aromatic N) is 1. The van der Waals surface area contributed by atoms with Gasteiger partial charge in [-0.15, -0.1) is 22.9 Å². The fourth-order valence-electron chi connectivity index (χ4n) is 2.09. The number of hydrogen-bond donors (Lipinski definition) is 0. The lowest BCUT2D eigenvalue weighted by molar-refractivity contribution is 0.102. The van der Waals surface area contributed by atoms with Crippen molar-refractivity contribution in [1.29, 1.82) is 0 Å². The number of rotatable bonds is 4. The van der Waals surface area contributed by atoms with E-state index in [1.165, 1.54) is 15.6 Å². The van der Waals surface area contributed by atoms with Crippen molar-refractivity contribution in [3.8, 4) is 0 Å². The van der Waals surface area contributed by atoms with Gasteiger partial charge in [-0.2, -0.15) is 4.31 Å². The zero-order valence-electron chi connectivity index (χ0n) is 10.3. The van der Waals surface area contributed by atoms with Gasteiger partial charge in [-0.25, -0.2) is 8.42 Å². The highest BCUT2D eigenvalue weighted by Crippen LogP contribution is 2.29. The van der Waals surface area contributed by atoms with E-state index in [0.29, 0.717) is 16.7 Å². The standard InChI is InChI=1S/C11H16ClNO3S2/c1-8-10(5-6-16-8)13(2)18(14,15)11-4-3-9(7-12)17-11/h3-4,8,10H,5-7H2,1-2H3.